The molecule has 4 N–H and O–H groups in total. The topological polar surface area (TPSA) is 69.1 Å². The van der Waals surface area contributed by atoms with Gasteiger partial charge in [-0.3, -0.25) is 4.79 Å². The van der Waals surface area contributed by atoms with E-state index in [1.807, 2.05) is 6.07 Å². The molecule has 0 bridgehead atoms. The Hall–Kier alpha value is -1.16. The minimum Gasteiger partial charge on any atom is -0.397 e. The van der Waals surface area contributed by atoms with E-state index in [0.717, 1.165) is 10.6 Å². The molecular weight excluding hydrogens is 208 g/mol. The number of amides is 1. The van der Waals surface area contributed by atoms with E-state index < -0.39 is 5.91 Å². The molecule has 4 heteroatoms. The summed E-state index contributed by atoms with van der Waals surface area (Å²) in [5.41, 5.74) is 12.0. The smallest absolute Gasteiger partial charge is 0.250 e. The Morgan fingerprint density at radius 3 is 2.67 bits per heavy atom. The lowest BCUT2D eigenvalue weighted by Gasteiger charge is -2.09. The number of nitrogen functional groups attached to an aromatic ring is 1. The van der Waals surface area contributed by atoms with Gasteiger partial charge < -0.3 is 11.5 Å². The summed E-state index contributed by atoms with van der Waals surface area (Å²) in [7, 11) is 0. The Morgan fingerprint density at radius 2 is 2.13 bits per heavy atom. The van der Waals surface area contributed by atoms with E-state index in [9.17, 15) is 4.79 Å². The second-order valence-corrected chi connectivity index (χ2v) is 4.85. The molecule has 0 aliphatic heterocycles. The zero-order valence-corrected chi connectivity index (χ0v) is 9.80. The first kappa shape index (κ1) is 11.9. The van der Waals surface area contributed by atoms with Crippen molar-refractivity contribution in [2.45, 2.75) is 18.7 Å². The number of carbonyl (C=O) groups excluding carboxylic acids is 1. The van der Waals surface area contributed by atoms with Crippen LogP contribution in [0.5, 0.6) is 0 Å². The second kappa shape index (κ2) is 5.07. The minimum absolute atomic E-state index is 0.406. The Balaban J connectivity index is 2.89. The number of benzene rings is 1. The SMILES string of the molecule is CC(C)CSc1cccc(C(N)=O)c1N. The average molecular weight is 224 g/mol. The predicted octanol–water partition coefficient (Wildman–Crippen LogP) is 2.12. The summed E-state index contributed by atoms with van der Waals surface area (Å²) >= 11 is 1.65. The highest BCUT2D eigenvalue weighted by Gasteiger charge is 2.09. The fourth-order valence-corrected chi connectivity index (χ4v) is 2.09. The molecule has 3 nitrogen and oxygen atoms in total. The lowest BCUT2D eigenvalue weighted by Crippen LogP contribution is -2.13. The first-order valence-electron chi connectivity index (χ1n) is 4.83. The van der Waals surface area contributed by atoms with Gasteiger partial charge >= 0.3 is 0 Å². The Morgan fingerprint density at radius 1 is 1.47 bits per heavy atom. The molecule has 0 fully saturated rings. The fraction of sp³-hybridized carbons (Fsp3) is 0.364. The van der Waals surface area contributed by atoms with Gasteiger partial charge in [0.05, 0.1) is 11.3 Å². The summed E-state index contributed by atoms with van der Waals surface area (Å²) in [5, 5.41) is 0. The molecule has 1 amide bonds. The van der Waals surface area contributed by atoms with Crippen molar-refractivity contribution < 1.29 is 4.79 Å². The first-order chi connectivity index (χ1) is 7.02. The maximum Gasteiger partial charge on any atom is 0.250 e. The highest BCUT2D eigenvalue weighted by Crippen LogP contribution is 2.28. The fourth-order valence-electron chi connectivity index (χ4n) is 1.14. The molecule has 1 aromatic carbocycles. The number of carbonyl (C=O) groups is 1. The van der Waals surface area contributed by atoms with Crippen molar-refractivity contribution in [3.8, 4) is 0 Å². The molecule has 0 heterocycles. The minimum atomic E-state index is -0.473. The summed E-state index contributed by atoms with van der Waals surface area (Å²) < 4.78 is 0. The molecule has 0 unspecified atom stereocenters. The third-order valence-corrected chi connectivity index (χ3v) is 3.40. The van der Waals surface area contributed by atoms with Gasteiger partial charge in [-0.2, -0.15) is 0 Å². The number of thioether (sulfide) groups is 1. The summed E-state index contributed by atoms with van der Waals surface area (Å²) in [6, 6.07) is 5.37. The molecule has 0 atom stereocenters. The Bertz CT molecular complexity index is 364. The van der Waals surface area contributed by atoms with E-state index >= 15 is 0 Å². The molecule has 0 radical (unpaired) electrons. The Labute approximate surface area is 94.2 Å². The molecule has 1 aromatic rings. The van der Waals surface area contributed by atoms with Crippen molar-refractivity contribution in [1.29, 1.82) is 0 Å². The van der Waals surface area contributed by atoms with E-state index in [1.54, 1.807) is 23.9 Å². The highest BCUT2D eigenvalue weighted by molar-refractivity contribution is 7.99. The maximum absolute atomic E-state index is 11.0. The van der Waals surface area contributed by atoms with Crippen LogP contribution in [0.15, 0.2) is 23.1 Å². The van der Waals surface area contributed by atoms with Gasteiger partial charge in [-0.25, -0.2) is 0 Å². The zero-order chi connectivity index (χ0) is 11.4. The monoisotopic (exact) mass is 224 g/mol. The molecule has 0 saturated carbocycles. The van der Waals surface area contributed by atoms with Crippen LogP contribution in [0.2, 0.25) is 0 Å². The van der Waals surface area contributed by atoms with Crippen LogP contribution >= 0.6 is 11.8 Å². The maximum atomic E-state index is 11.0. The highest BCUT2D eigenvalue weighted by atomic mass is 32.2. The van der Waals surface area contributed by atoms with Crippen LogP contribution in [0.3, 0.4) is 0 Å². The van der Waals surface area contributed by atoms with Crippen molar-refractivity contribution in [2.24, 2.45) is 11.7 Å². The van der Waals surface area contributed by atoms with Crippen molar-refractivity contribution in [1.82, 2.24) is 0 Å². The summed E-state index contributed by atoms with van der Waals surface area (Å²) in [6.07, 6.45) is 0. The van der Waals surface area contributed by atoms with E-state index in [-0.39, 0.29) is 0 Å². The van der Waals surface area contributed by atoms with Gasteiger partial charge in [0.25, 0.3) is 5.91 Å². The molecule has 0 spiro atoms. The molecule has 15 heavy (non-hydrogen) atoms. The molecular formula is C11H16N2OS. The molecule has 0 aliphatic rings. The number of hydrogen-bond donors (Lipinski definition) is 2. The van der Waals surface area contributed by atoms with E-state index in [1.165, 1.54) is 0 Å². The number of nitrogens with two attached hydrogens (primary N) is 2. The van der Waals surface area contributed by atoms with Crippen LogP contribution < -0.4 is 11.5 Å². The zero-order valence-electron chi connectivity index (χ0n) is 8.99. The van der Waals surface area contributed by atoms with E-state index in [2.05, 4.69) is 13.8 Å². The van der Waals surface area contributed by atoms with E-state index in [4.69, 9.17) is 11.5 Å². The van der Waals surface area contributed by atoms with Crippen molar-refractivity contribution in [3.05, 3.63) is 23.8 Å². The molecule has 0 saturated heterocycles. The van der Waals surface area contributed by atoms with Gasteiger partial charge in [-0.15, -0.1) is 11.8 Å². The molecule has 82 valence electrons. The normalized spacial score (nSPS) is 10.6. The van der Waals surface area contributed by atoms with Crippen molar-refractivity contribution in [2.75, 3.05) is 11.5 Å². The quantitative estimate of drug-likeness (QED) is 0.608. The summed E-state index contributed by atoms with van der Waals surface area (Å²) in [5.74, 6) is 1.10. The van der Waals surface area contributed by atoms with Crippen molar-refractivity contribution >= 4 is 23.4 Å². The van der Waals surface area contributed by atoms with Gasteiger partial charge in [-0.1, -0.05) is 19.9 Å². The number of para-hydroxylation sites is 1. The predicted molar refractivity (Wildman–Crippen MR) is 64.9 cm³/mol. The first-order valence-corrected chi connectivity index (χ1v) is 5.82. The van der Waals surface area contributed by atoms with Gasteiger partial charge in [0.2, 0.25) is 0 Å². The lowest BCUT2D eigenvalue weighted by atomic mass is 10.2. The van der Waals surface area contributed by atoms with Gasteiger partial charge in [0, 0.05) is 10.6 Å². The van der Waals surface area contributed by atoms with Crippen LogP contribution in [-0.4, -0.2) is 11.7 Å². The third kappa shape index (κ3) is 3.16. The molecule has 0 aliphatic carbocycles. The summed E-state index contributed by atoms with van der Waals surface area (Å²) in [4.78, 5) is 12.0. The van der Waals surface area contributed by atoms with E-state index in [0.29, 0.717) is 17.2 Å². The van der Waals surface area contributed by atoms with Gasteiger partial charge in [0.15, 0.2) is 0 Å². The number of rotatable bonds is 4. The number of hydrogen-bond acceptors (Lipinski definition) is 3. The summed E-state index contributed by atoms with van der Waals surface area (Å²) in [6.45, 7) is 4.28. The largest absolute Gasteiger partial charge is 0.397 e. The second-order valence-electron chi connectivity index (χ2n) is 3.79. The standard InChI is InChI=1S/C11H16N2OS/c1-7(2)6-15-9-5-3-4-8(10(9)12)11(13)14/h3-5,7H,6,12H2,1-2H3,(H2,13,14). The van der Waals surface area contributed by atoms with Crippen LogP contribution in [-0.2, 0) is 0 Å². The number of primary amides is 1. The lowest BCUT2D eigenvalue weighted by molar-refractivity contribution is 0.100. The third-order valence-electron chi connectivity index (χ3n) is 1.90. The average Bonchev–Trinajstić information content (AvgIpc) is 2.15. The Kier molecular flexibility index (Phi) is 4.03. The number of anilines is 1. The van der Waals surface area contributed by atoms with Crippen LogP contribution in [0.1, 0.15) is 24.2 Å². The molecule has 1 rings (SSSR count). The van der Waals surface area contributed by atoms with Gasteiger partial charge in [-0.05, 0) is 18.1 Å². The van der Waals surface area contributed by atoms with Gasteiger partial charge in [0.1, 0.15) is 0 Å². The van der Waals surface area contributed by atoms with Crippen LogP contribution in [0.25, 0.3) is 0 Å². The van der Waals surface area contributed by atoms with Crippen LogP contribution in [0.4, 0.5) is 5.69 Å². The van der Waals surface area contributed by atoms with Crippen LogP contribution in [0, 0.1) is 5.92 Å². The molecule has 0 aromatic heterocycles. The van der Waals surface area contributed by atoms with Crippen molar-refractivity contribution in [3.63, 3.8) is 0 Å².